The Balaban J connectivity index is 0.991. The summed E-state index contributed by atoms with van der Waals surface area (Å²) in [6.45, 7) is 0. The highest BCUT2D eigenvalue weighted by Gasteiger charge is 2.20. The number of benzene rings is 14. The summed E-state index contributed by atoms with van der Waals surface area (Å²) in [4.78, 5) is 0. The van der Waals surface area contributed by atoms with Gasteiger partial charge in [0.15, 0.2) is 0 Å². The second kappa shape index (κ2) is 16.3. The van der Waals surface area contributed by atoms with Gasteiger partial charge in [0.05, 0.1) is 0 Å². The van der Waals surface area contributed by atoms with E-state index in [-0.39, 0.29) is 0 Å². The normalized spacial score (nSPS) is 11.7. The average Bonchev–Trinajstić information content (AvgIpc) is 3.43. The Bertz CT molecular complexity index is 3960. The van der Waals surface area contributed by atoms with Gasteiger partial charge < -0.3 is 0 Å². The standard InChI is InChI=1S/C70H44/c1-5-17-49-41-53(33-29-45(49)13-1)57-21-9-27-67-65(39-37-59(69(57)67)55-35-31-47-15-3-7-19-51(47)43-55)63-25-11-24-62-61(63)23-12-26-64(62)66-40-38-60(56-36-32-48-16-4-8-20-52(48)44-56)70-58(22-10-28-68(66)70)54-34-30-46-14-2-6-18-50(46)42-54/h1-44H. The van der Waals surface area contributed by atoms with Gasteiger partial charge in [0.2, 0.25) is 0 Å². The van der Waals surface area contributed by atoms with Crippen molar-refractivity contribution in [1.82, 2.24) is 0 Å². The molecule has 0 nitrogen and oxygen atoms in total. The lowest BCUT2D eigenvalue weighted by Crippen LogP contribution is -1.92. The maximum atomic E-state index is 2.36. The van der Waals surface area contributed by atoms with Gasteiger partial charge in [-0.3, -0.25) is 0 Å². The third kappa shape index (κ3) is 6.61. The molecule has 0 bridgehead atoms. The van der Waals surface area contributed by atoms with Crippen molar-refractivity contribution in [2.24, 2.45) is 0 Å². The average molecular weight is 885 g/mol. The zero-order valence-corrected chi connectivity index (χ0v) is 38.4. The fraction of sp³-hybridized carbons (Fsp3) is 0. The minimum atomic E-state index is 1.21. The molecule has 0 saturated heterocycles. The predicted octanol–water partition coefficient (Wildman–Crippen LogP) is 19.8. The van der Waals surface area contributed by atoms with Crippen LogP contribution in [0.4, 0.5) is 0 Å². The van der Waals surface area contributed by atoms with E-state index in [2.05, 4.69) is 267 Å². The fourth-order valence-electron chi connectivity index (χ4n) is 11.5. The van der Waals surface area contributed by atoms with Crippen LogP contribution in [0.25, 0.3) is 142 Å². The molecule has 14 rings (SSSR count). The van der Waals surface area contributed by atoms with Crippen molar-refractivity contribution in [3.8, 4) is 66.8 Å². The number of fused-ring (bicyclic) bond motifs is 7. The van der Waals surface area contributed by atoms with Crippen molar-refractivity contribution in [2.45, 2.75) is 0 Å². The molecule has 0 heterocycles. The van der Waals surface area contributed by atoms with Crippen molar-refractivity contribution in [1.29, 1.82) is 0 Å². The van der Waals surface area contributed by atoms with Gasteiger partial charge in [0.1, 0.15) is 0 Å². The highest BCUT2D eigenvalue weighted by molar-refractivity contribution is 6.19. The largest absolute Gasteiger partial charge is 0.0616 e. The molecule has 0 spiro atoms. The molecule has 0 aliphatic carbocycles. The molecule has 0 amide bonds. The van der Waals surface area contributed by atoms with Gasteiger partial charge in [-0.15, -0.1) is 0 Å². The molecule has 0 aliphatic rings. The van der Waals surface area contributed by atoms with Crippen molar-refractivity contribution in [3.05, 3.63) is 267 Å². The third-order valence-electron chi connectivity index (χ3n) is 14.8. The van der Waals surface area contributed by atoms with Gasteiger partial charge in [0, 0.05) is 0 Å². The Morgan fingerprint density at radius 3 is 0.714 bits per heavy atom. The molecule has 0 fully saturated rings. The van der Waals surface area contributed by atoms with Gasteiger partial charge in [-0.2, -0.15) is 0 Å². The lowest BCUT2D eigenvalue weighted by molar-refractivity contribution is 1.63. The van der Waals surface area contributed by atoms with E-state index in [1.807, 2.05) is 0 Å². The second-order valence-corrected chi connectivity index (χ2v) is 18.7. The first kappa shape index (κ1) is 40.0. The Labute approximate surface area is 407 Å². The first-order chi connectivity index (χ1) is 34.7. The second-order valence-electron chi connectivity index (χ2n) is 18.7. The van der Waals surface area contributed by atoms with Crippen LogP contribution in [-0.4, -0.2) is 0 Å². The molecular formula is C70H44. The van der Waals surface area contributed by atoms with Gasteiger partial charge in [-0.1, -0.05) is 243 Å². The third-order valence-corrected chi connectivity index (χ3v) is 14.8. The summed E-state index contributed by atoms with van der Waals surface area (Å²) in [5.41, 5.74) is 14.7. The summed E-state index contributed by atoms with van der Waals surface area (Å²) in [5, 5.41) is 17.4. The Kier molecular flexibility index (Phi) is 9.32. The van der Waals surface area contributed by atoms with Crippen LogP contribution in [0.5, 0.6) is 0 Å². The zero-order chi connectivity index (χ0) is 46.1. The van der Waals surface area contributed by atoms with E-state index in [0.717, 1.165) is 0 Å². The van der Waals surface area contributed by atoms with Crippen LogP contribution in [0, 0.1) is 0 Å². The van der Waals surface area contributed by atoms with Crippen LogP contribution in [0.1, 0.15) is 0 Å². The number of hydrogen-bond acceptors (Lipinski definition) is 0. The molecule has 0 unspecified atom stereocenters. The summed E-state index contributed by atoms with van der Waals surface area (Å²) in [6, 6.07) is 99.3. The van der Waals surface area contributed by atoms with Crippen molar-refractivity contribution >= 4 is 75.4 Å². The highest BCUT2D eigenvalue weighted by Crippen LogP contribution is 2.47. The summed E-state index contributed by atoms with van der Waals surface area (Å²) >= 11 is 0. The Morgan fingerprint density at radius 1 is 0.143 bits per heavy atom. The first-order valence-electron chi connectivity index (χ1n) is 24.3. The molecule has 0 saturated carbocycles. The van der Waals surface area contributed by atoms with E-state index in [1.54, 1.807) is 0 Å². The smallest absolute Gasteiger partial charge is 0.00206 e. The molecule has 14 aromatic rings. The number of rotatable bonds is 6. The van der Waals surface area contributed by atoms with E-state index in [0.29, 0.717) is 0 Å². The first-order valence-corrected chi connectivity index (χ1v) is 24.3. The Morgan fingerprint density at radius 2 is 0.386 bits per heavy atom. The molecule has 0 aliphatic heterocycles. The molecule has 0 radical (unpaired) electrons. The summed E-state index contributed by atoms with van der Waals surface area (Å²) in [6.07, 6.45) is 0. The van der Waals surface area contributed by atoms with Crippen LogP contribution < -0.4 is 0 Å². The maximum Gasteiger partial charge on any atom is -0.00206 e. The van der Waals surface area contributed by atoms with Crippen molar-refractivity contribution in [3.63, 3.8) is 0 Å². The molecule has 0 atom stereocenters. The van der Waals surface area contributed by atoms with E-state index in [9.17, 15) is 0 Å². The van der Waals surface area contributed by atoms with E-state index in [1.165, 1.54) is 142 Å². The van der Waals surface area contributed by atoms with E-state index in [4.69, 9.17) is 0 Å². The summed E-state index contributed by atoms with van der Waals surface area (Å²) < 4.78 is 0. The highest BCUT2D eigenvalue weighted by atomic mass is 14.2. The Hall–Kier alpha value is -9.10. The van der Waals surface area contributed by atoms with Crippen molar-refractivity contribution < 1.29 is 0 Å². The van der Waals surface area contributed by atoms with Gasteiger partial charge >= 0.3 is 0 Å². The van der Waals surface area contributed by atoms with Crippen LogP contribution in [0.2, 0.25) is 0 Å². The summed E-state index contributed by atoms with van der Waals surface area (Å²) in [7, 11) is 0. The van der Waals surface area contributed by atoms with Gasteiger partial charge in [0.25, 0.3) is 0 Å². The minimum Gasteiger partial charge on any atom is -0.0616 e. The number of hydrogen-bond donors (Lipinski definition) is 0. The molecule has 14 aromatic carbocycles. The fourth-order valence-corrected chi connectivity index (χ4v) is 11.5. The van der Waals surface area contributed by atoms with E-state index >= 15 is 0 Å². The molecule has 70 heavy (non-hydrogen) atoms. The lowest BCUT2D eigenvalue weighted by atomic mass is 9.84. The maximum absolute atomic E-state index is 2.36. The summed E-state index contributed by atoms with van der Waals surface area (Å²) in [5.74, 6) is 0. The topological polar surface area (TPSA) is 0 Å². The van der Waals surface area contributed by atoms with E-state index < -0.39 is 0 Å². The quantitative estimate of drug-likeness (QED) is 0.156. The molecule has 0 aromatic heterocycles. The minimum absolute atomic E-state index is 1.21. The van der Waals surface area contributed by atoms with Gasteiger partial charge in [-0.25, -0.2) is 0 Å². The van der Waals surface area contributed by atoms with Crippen LogP contribution >= 0.6 is 0 Å². The molecular weight excluding hydrogens is 841 g/mol. The predicted molar refractivity (Wildman–Crippen MR) is 302 cm³/mol. The SMILES string of the molecule is c1ccc2cc(-c3cccc4c(-c5cccc6c(-c7ccc(-c8ccc9ccccc9c8)c8c(-c9ccc%10ccccc%10c9)cccc78)cccc56)ccc(-c5ccc6ccccc6c5)c34)ccc2c1. The molecule has 324 valence electrons. The monoisotopic (exact) mass is 884 g/mol. The van der Waals surface area contributed by atoms with Crippen LogP contribution in [0.3, 0.4) is 0 Å². The zero-order valence-electron chi connectivity index (χ0n) is 38.4. The molecule has 0 N–H and O–H groups in total. The van der Waals surface area contributed by atoms with Gasteiger partial charge in [-0.05, 0) is 166 Å². The lowest BCUT2D eigenvalue weighted by Gasteiger charge is -2.19. The molecule has 0 heteroatoms. The van der Waals surface area contributed by atoms with Crippen LogP contribution in [-0.2, 0) is 0 Å². The van der Waals surface area contributed by atoms with Crippen molar-refractivity contribution in [2.75, 3.05) is 0 Å². The van der Waals surface area contributed by atoms with Crippen LogP contribution in [0.15, 0.2) is 267 Å².